The second-order valence-electron chi connectivity index (χ2n) is 38.8. The van der Waals surface area contributed by atoms with Gasteiger partial charge in [-0.1, -0.05) is 380 Å². The number of furan rings is 4. The average Bonchev–Trinajstić information content (AvgIpc) is 1.59. The lowest BCUT2D eigenvalue weighted by molar-refractivity contribution is 0.669. The molecule has 24 aromatic carbocycles. The van der Waals surface area contributed by atoms with Gasteiger partial charge >= 0.3 is 0 Å². The minimum Gasteiger partial charge on any atom is -0.455 e. The summed E-state index contributed by atoms with van der Waals surface area (Å²) >= 11 is 0. The molecule has 8 heteroatoms. The molecule has 0 N–H and O–H groups in total. The van der Waals surface area contributed by atoms with Crippen LogP contribution in [-0.4, -0.2) is 0 Å². The third-order valence-corrected chi connectivity index (χ3v) is 29.5. The van der Waals surface area contributed by atoms with Gasteiger partial charge in [0.05, 0.1) is 22.7 Å². The molecule has 0 aliphatic carbocycles. The van der Waals surface area contributed by atoms with Gasteiger partial charge in [0.15, 0.2) is 0 Å². The van der Waals surface area contributed by atoms with Crippen molar-refractivity contribution in [3.8, 4) is 44.5 Å². The molecule has 0 aliphatic rings. The molecule has 0 saturated heterocycles. The van der Waals surface area contributed by atoms with Crippen molar-refractivity contribution in [1.29, 1.82) is 0 Å². The molecule has 0 bridgehead atoms. The quantitative estimate of drug-likeness (QED) is 0.0622. The van der Waals surface area contributed by atoms with Crippen LogP contribution in [0.2, 0.25) is 0 Å². The van der Waals surface area contributed by atoms with Gasteiger partial charge in [-0.25, -0.2) is 0 Å². The molecule has 28 rings (SSSR count). The number of nitrogens with zero attached hydrogens (tertiary/aromatic N) is 4. The van der Waals surface area contributed by atoms with E-state index in [1.807, 2.05) is 24.3 Å². The van der Waals surface area contributed by atoms with Crippen molar-refractivity contribution in [1.82, 2.24) is 0 Å². The van der Waals surface area contributed by atoms with Crippen LogP contribution in [0.25, 0.3) is 197 Å². The Morgan fingerprint density at radius 1 is 0.151 bits per heavy atom. The Labute approximate surface area is 844 Å². The maximum absolute atomic E-state index is 6.68. The van der Waals surface area contributed by atoms with Crippen LogP contribution in [0.3, 0.4) is 0 Å². The number of para-hydroxylation sites is 10. The van der Waals surface area contributed by atoms with Gasteiger partial charge in [-0.2, -0.15) is 0 Å². The first-order valence-electron chi connectivity index (χ1n) is 50.4. The van der Waals surface area contributed by atoms with Gasteiger partial charge in [0.25, 0.3) is 0 Å². The second kappa shape index (κ2) is 35.8. The molecule has 0 saturated carbocycles. The first kappa shape index (κ1) is 86.4. The molecule has 692 valence electrons. The van der Waals surface area contributed by atoms with E-state index in [9.17, 15) is 0 Å². The van der Waals surface area contributed by atoms with Crippen LogP contribution in [-0.2, 0) is 0 Å². The Morgan fingerprint density at radius 3 is 0.664 bits per heavy atom. The zero-order chi connectivity index (χ0) is 97.1. The van der Waals surface area contributed by atoms with E-state index in [-0.39, 0.29) is 0 Å². The summed E-state index contributed by atoms with van der Waals surface area (Å²) in [5.41, 5.74) is 31.1. The van der Waals surface area contributed by atoms with Crippen molar-refractivity contribution < 1.29 is 17.7 Å². The van der Waals surface area contributed by atoms with Gasteiger partial charge in [-0.3, -0.25) is 0 Å². The molecule has 0 fully saturated rings. The minimum absolute atomic E-state index is 0.323. The Morgan fingerprint density at radius 2 is 0.363 bits per heavy atom. The molecule has 0 unspecified atom stereocenters. The smallest absolute Gasteiger partial charge is 0.143 e. The summed E-state index contributed by atoms with van der Waals surface area (Å²) in [6.07, 6.45) is 0. The van der Waals surface area contributed by atoms with E-state index in [0.717, 1.165) is 254 Å². The molecule has 4 heterocycles. The molecule has 0 amide bonds. The van der Waals surface area contributed by atoms with Crippen LogP contribution in [0.15, 0.2) is 515 Å². The van der Waals surface area contributed by atoms with Gasteiger partial charge in [0, 0.05) is 154 Å². The van der Waals surface area contributed by atoms with Crippen molar-refractivity contribution >= 4 is 221 Å². The van der Waals surface area contributed by atoms with Gasteiger partial charge in [0.2, 0.25) is 0 Å². The highest BCUT2D eigenvalue weighted by Crippen LogP contribution is 2.57. The van der Waals surface area contributed by atoms with Gasteiger partial charge in [-0.15, -0.1) is 0 Å². The summed E-state index contributed by atoms with van der Waals surface area (Å²) in [4.78, 5) is 9.92. The van der Waals surface area contributed by atoms with Crippen molar-refractivity contribution in [2.45, 2.75) is 39.5 Å². The summed E-state index contributed by atoms with van der Waals surface area (Å²) < 4.78 is 26.6. The molecule has 28 aromatic rings. The van der Waals surface area contributed by atoms with E-state index in [1.54, 1.807) is 0 Å². The fourth-order valence-electron chi connectivity index (χ4n) is 22.6. The monoisotopic (exact) mass is 1870 g/mol. The van der Waals surface area contributed by atoms with E-state index < -0.39 is 0 Å². The van der Waals surface area contributed by atoms with Crippen LogP contribution >= 0.6 is 0 Å². The van der Waals surface area contributed by atoms with Crippen molar-refractivity contribution in [2.75, 3.05) is 19.6 Å². The highest BCUT2D eigenvalue weighted by molar-refractivity contribution is 6.28. The highest BCUT2D eigenvalue weighted by Gasteiger charge is 2.32. The van der Waals surface area contributed by atoms with E-state index in [1.165, 1.54) is 21.9 Å². The molecule has 0 aliphatic heterocycles. The molecule has 0 radical (unpaired) electrons. The predicted octanol–water partition coefficient (Wildman–Crippen LogP) is 40.7. The summed E-state index contributed by atoms with van der Waals surface area (Å²) in [5, 5.41) is 22.6. The molecule has 0 spiro atoms. The Bertz CT molecular complexity index is 9470. The van der Waals surface area contributed by atoms with Crippen LogP contribution in [0.1, 0.15) is 50.7 Å². The number of benzene rings is 24. The van der Waals surface area contributed by atoms with E-state index >= 15 is 0 Å². The summed E-state index contributed by atoms with van der Waals surface area (Å²) in [6.45, 7) is 9.11. The molecular formula is C138H96N4O4. The SMILES string of the molecule is CC(C)c1cccc(N(c2cccc(-c3cccc4c3oc3ccccc34)c2)c2c3ccccc3cc3c(N(c4cccc(-c5cccc6c5oc5ccccc56)c4)c4cccc(C(C)C)c4)c4ccccc4cc23)c1.c1ccc(N(c2cccc(-c3cccc4c3oc3ccccc34)c2)c2c3ccccc3c(N(c3ccccc3)c3cccc(-c4cccc5c4oc4ccccc45)c3)c3cc4ccccc4cc23)cc1. The molecule has 0 atom stereocenters. The summed E-state index contributed by atoms with van der Waals surface area (Å²) in [6, 6.07) is 180. The highest BCUT2D eigenvalue weighted by atomic mass is 16.3. The normalized spacial score (nSPS) is 11.8. The van der Waals surface area contributed by atoms with Crippen LogP contribution < -0.4 is 19.6 Å². The van der Waals surface area contributed by atoms with E-state index in [0.29, 0.717) is 11.8 Å². The molecule has 4 aromatic heterocycles. The molecular weight excluding hydrogens is 1780 g/mol. The summed E-state index contributed by atoms with van der Waals surface area (Å²) in [5.74, 6) is 0.645. The second-order valence-corrected chi connectivity index (χ2v) is 38.8. The maximum atomic E-state index is 6.68. The number of hydrogen-bond donors (Lipinski definition) is 0. The standard InChI is InChI=1S/C72H54N2O2.C66H42N2O2/c1-45(2)47-21-13-25-53(39-47)73(55-27-15-23-49(41-55)59-33-17-35-63-61-31-9-11-37-67(61)75-71(59)63)69-57-29-7-5-19-51(57)44-66-65(69)43-52-20-6-8-30-58(52)70(66)74(54-26-14-22-48(40-54)46(3)4)56-28-16-24-50(42-56)60-34-18-36-64-62-32-10-12-38-68(62)76-72(60)64;1-3-23-47(24-4-1)67(49-27-15-21-45(39-49)51-33-17-35-57-53-29-11-13-37-61(53)69-65(51)57)63-55-31-9-10-32-56(55)64(60-42-44-20-8-7-19-43(44)41-59(60)63)68(48-25-5-2-6-26-48)50-28-16-22-46(40-50)52-34-18-36-58-54-30-12-14-38-62(54)70-66(52)58/h5-46H,1-4H3;1-42H. The van der Waals surface area contributed by atoms with Crippen LogP contribution in [0.4, 0.5) is 68.2 Å². The minimum atomic E-state index is 0.323. The van der Waals surface area contributed by atoms with Crippen molar-refractivity contribution in [3.63, 3.8) is 0 Å². The largest absolute Gasteiger partial charge is 0.455 e. The van der Waals surface area contributed by atoms with Crippen molar-refractivity contribution in [3.05, 3.63) is 509 Å². The maximum Gasteiger partial charge on any atom is 0.143 e. The van der Waals surface area contributed by atoms with Crippen LogP contribution in [0.5, 0.6) is 0 Å². The molecule has 8 nitrogen and oxygen atoms in total. The average molecular weight is 1870 g/mol. The number of anilines is 12. The van der Waals surface area contributed by atoms with Gasteiger partial charge in [0.1, 0.15) is 44.7 Å². The van der Waals surface area contributed by atoms with E-state index in [4.69, 9.17) is 17.7 Å². The number of fused-ring (bicyclic) bond motifs is 18. The Kier molecular flexibility index (Phi) is 21.2. The van der Waals surface area contributed by atoms with Crippen LogP contribution in [0, 0.1) is 0 Å². The Balaban J connectivity index is 0.000000145. The fourth-order valence-corrected chi connectivity index (χ4v) is 22.6. The lowest BCUT2D eigenvalue weighted by atomic mass is 9.92. The Hall–Kier alpha value is -18.8. The zero-order valence-corrected chi connectivity index (χ0v) is 80.9. The third kappa shape index (κ3) is 14.8. The topological polar surface area (TPSA) is 65.5 Å². The third-order valence-electron chi connectivity index (χ3n) is 29.5. The van der Waals surface area contributed by atoms with Gasteiger partial charge < -0.3 is 37.3 Å². The zero-order valence-electron chi connectivity index (χ0n) is 80.9. The van der Waals surface area contributed by atoms with Gasteiger partial charge in [-0.05, 0) is 212 Å². The predicted molar refractivity (Wildman–Crippen MR) is 616 cm³/mol. The van der Waals surface area contributed by atoms with E-state index in [2.05, 4.69) is 520 Å². The van der Waals surface area contributed by atoms with Crippen molar-refractivity contribution in [2.24, 2.45) is 0 Å². The molecule has 146 heavy (non-hydrogen) atoms. The summed E-state index contributed by atoms with van der Waals surface area (Å²) in [7, 11) is 0. The number of hydrogen-bond acceptors (Lipinski definition) is 8. The lowest BCUT2D eigenvalue weighted by Crippen LogP contribution is -2.14. The lowest BCUT2D eigenvalue weighted by Gasteiger charge is -2.33. The number of rotatable bonds is 18. The fraction of sp³-hybridized carbons (Fsp3) is 0.0435. The first-order chi connectivity index (χ1) is 72.1. The first-order valence-corrected chi connectivity index (χ1v) is 50.4.